The molecule has 0 aromatic rings. The van der Waals surface area contributed by atoms with Crippen LogP contribution in [-0.2, 0) is 23.8 Å². The Kier molecular flexibility index (Phi) is 2.83. The molecule has 0 radical (unpaired) electrons. The van der Waals surface area contributed by atoms with Crippen molar-refractivity contribution >= 4 is 11.8 Å². The Labute approximate surface area is 111 Å². The number of esters is 1. The predicted octanol–water partition coefficient (Wildman–Crippen LogP) is 0.850. The number of Topliss-reactive ketones (excluding diaryl/α,β-unsaturated/α-hetero) is 1. The highest BCUT2D eigenvalue weighted by Gasteiger charge is 2.61. The summed E-state index contributed by atoms with van der Waals surface area (Å²) in [6.07, 6.45) is 6.65. The number of allylic oxidation sites excluding steroid dienone is 2. The SMILES string of the molecule is COC(=O)C1=C[C@@H]2CC=C[C@@H]3CO[C@](OC)(C1=O)[C@H]23. The van der Waals surface area contributed by atoms with E-state index in [2.05, 4.69) is 16.9 Å². The average molecular weight is 264 g/mol. The quantitative estimate of drug-likeness (QED) is 0.420. The Morgan fingerprint density at radius 3 is 2.89 bits per heavy atom. The normalized spacial score (nSPS) is 39.8. The Morgan fingerprint density at radius 1 is 1.42 bits per heavy atom. The van der Waals surface area contributed by atoms with Gasteiger partial charge in [0.1, 0.15) is 5.57 Å². The molecule has 2 aliphatic carbocycles. The molecule has 0 bridgehead atoms. The minimum atomic E-state index is -1.32. The van der Waals surface area contributed by atoms with Crippen LogP contribution in [0.15, 0.2) is 23.8 Å². The summed E-state index contributed by atoms with van der Waals surface area (Å²) in [5.41, 5.74) is 0.0431. The van der Waals surface area contributed by atoms with Crippen LogP contribution in [0.5, 0.6) is 0 Å². The number of methoxy groups -OCH3 is 2. The van der Waals surface area contributed by atoms with Gasteiger partial charge in [-0.05, 0) is 12.3 Å². The third-order valence-corrected chi connectivity index (χ3v) is 4.29. The lowest BCUT2D eigenvalue weighted by molar-refractivity contribution is -0.216. The van der Waals surface area contributed by atoms with Crippen LogP contribution in [0.4, 0.5) is 0 Å². The topological polar surface area (TPSA) is 61.8 Å². The monoisotopic (exact) mass is 264 g/mol. The van der Waals surface area contributed by atoms with Gasteiger partial charge in [-0.1, -0.05) is 18.2 Å². The fraction of sp³-hybridized carbons (Fsp3) is 0.571. The highest BCUT2D eigenvalue weighted by molar-refractivity contribution is 6.20. The van der Waals surface area contributed by atoms with Gasteiger partial charge in [-0.2, -0.15) is 0 Å². The maximum Gasteiger partial charge on any atom is 0.341 e. The van der Waals surface area contributed by atoms with Crippen LogP contribution in [-0.4, -0.2) is 38.4 Å². The lowest BCUT2D eigenvalue weighted by Gasteiger charge is -2.41. The van der Waals surface area contributed by atoms with E-state index in [4.69, 9.17) is 9.47 Å². The second-order valence-electron chi connectivity index (χ2n) is 5.10. The van der Waals surface area contributed by atoms with Crippen molar-refractivity contribution in [2.75, 3.05) is 20.8 Å². The van der Waals surface area contributed by atoms with Gasteiger partial charge in [-0.15, -0.1) is 0 Å². The molecular formula is C14H16O5. The second-order valence-corrected chi connectivity index (χ2v) is 5.10. The van der Waals surface area contributed by atoms with Crippen LogP contribution in [0.1, 0.15) is 6.42 Å². The molecule has 0 amide bonds. The first kappa shape index (κ1) is 12.6. The van der Waals surface area contributed by atoms with E-state index < -0.39 is 17.5 Å². The van der Waals surface area contributed by atoms with Crippen molar-refractivity contribution in [3.8, 4) is 0 Å². The molecule has 0 unspecified atom stereocenters. The maximum atomic E-state index is 12.5. The second kappa shape index (κ2) is 4.28. The summed E-state index contributed by atoms with van der Waals surface area (Å²) >= 11 is 0. The van der Waals surface area contributed by atoms with Crippen molar-refractivity contribution in [3.63, 3.8) is 0 Å². The molecule has 1 fully saturated rings. The molecule has 102 valence electrons. The molecule has 0 saturated carbocycles. The summed E-state index contributed by atoms with van der Waals surface area (Å²) in [6.45, 7) is 0.444. The third kappa shape index (κ3) is 1.55. The summed E-state index contributed by atoms with van der Waals surface area (Å²) in [6, 6.07) is 0. The molecule has 1 heterocycles. The van der Waals surface area contributed by atoms with E-state index in [-0.39, 0.29) is 23.3 Å². The van der Waals surface area contributed by atoms with Gasteiger partial charge < -0.3 is 14.2 Å². The van der Waals surface area contributed by atoms with E-state index in [0.717, 1.165) is 6.42 Å². The van der Waals surface area contributed by atoms with E-state index in [0.29, 0.717) is 6.61 Å². The predicted molar refractivity (Wildman–Crippen MR) is 65.0 cm³/mol. The number of carbonyl (C=O) groups is 2. The van der Waals surface area contributed by atoms with E-state index in [1.165, 1.54) is 14.2 Å². The van der Waals surface area contributed by atoms with Crippen LogP contribution < -0.4 is 0 Å². The molecule has 5 heteroatoms. The smallest absolute Gasteiger partial charge is 0.341 e. The first-order valence-electron chi connectivity index (χ1n) is 6.34. The summed E-state index contributed by atoms with van der Waals surface area (Å²) in [4.78, 5) is 24.3. The standard InChI is InChI=1S/C14H16O5/c1-17-13(16)10-6-8-4-3-5-9-7-19-14(18-2,11(8)9)12(10)15/h3,5-6,8-9,11H,4,7H2,1-2H3/t8-,9+,11+,14-/m0/s1. The number of ketones is 1. The van der Waals surface area contributed by atoms with Crippen molar-refractivity contribution in [3.05, 3.63) is 23.8 Å². The summed E-state index contributed by atoms with van der Waals surface area (Å²) in [5.74, 6) is -2.17. The minimum absolute atomic E-state index is 0.0431. The van der Waals surface area contributed by atoms with E-state index >= 15 is 0 Å². The zero-order valence-electron chi connectivity index (χ0n) is 10.9. The van der Waals surface area contributed by atoms with Crippen molar-refractivity contribution < 1.29 is 23.8 Å². The molecule has 19 heavy (non-hydrogen) atoms. The Bertz CT molecular complexity index is 492. The van der Waals surface area contributed by atoms with Crippen molar-refractivity contribution in [1.29, 1.82) is 0 Å². The largest absolute Gasteiger partial charge is 0.465 e. The van der Waals surface area contributed by atoms with Crippen LogP contribution >= 0.6 is 0 Å². The molecule has 0 N–H and O–H groups in total. The molecule has 0 aromatic carbocycles. The molecule has 1 aliphatic heterocycles. The van der Waals surface area contributed by atoms with Gasteiger partial charge in [0.15, 0.2) is 0 Å². The minimum Gasteiger partial charge on any atom is -0.465 e. The number of hydrogen-bond acceptors (Lipinski definition) is 5. The first-order chi connectivity index (χ1) is 9.14. The first-order valence-corrected chi connectivity index (χ1v) is 6.34. The molecule has 3 aliphatic rings. The Hall–Kier alpha value is -1.46. The fourth-order valence-electron chi connectivity index (χ4n) is 3.46. The number of ether oxygens (including phenoxy) is 3. The molecular weight excluding hydrogens is 248 g/mol. The summed E-state index contributed by atoms with van der Waals surface area (Å²) < 4.78 is 15.8. The average Bonchev–Trinajstić information content (AvgIpc) is 2.84. The van der Waals surface area contributed by atoms with Gasteiger partial charge in [-0.25, -0.2) is 4.79 Å². The third-order valence-electron chi connectivity index (χ3n) is 4.29. The highest BCUT2D eigenvalue weighted by atomic mass is 16.7. The highest BCUT2D eigenvalue weighted by Crippen LogP contribution is 2.50. The van der Waals surface area contributed by atoms with Crippen LogP contribution in [0, 0.1) is 17.8 Å². The summed E-state index contributed by atoms with van der Waals surface area (Å²) in [7, 11) is 2.72. The van der Waals surface area contributed by atoms with Gasteiger partial charge in [0.25, 0.3) is 0 Å². The number of hydrogen-bond donors (Lipinski definition) is 0. The van der Waals surface area contributed by atoms with Gasteiger partial charge in [0.2, 0.25) is 11.6 Å². The fourth-order valence-corrected chi connectivity index (χ4v) is 3.46. The van der Waals surface area contributed by atoms with Gasteiger partial charge in [0, 0.05) is 18.9 Å². The zero-order valence-corrected chi connectivity index (χ0v) is 10.9. The van der Waals surface area contributed by atoms with Crippen LogP contribution in [0.3, 0.4) is 0 Å². The number of carbonyl (C=O) groups excluding carboxylic acids is 2. The van der Waals surface area contributed by atoms with Gasteiger partial charge >= 0.3 is 5.97 Å². The van der Waals surface area contributed by atoms with Gasteiger partial charge in [0.05, 0.1) is 13.7 Å². The molecule has 0 aromatic heterocycles. The van der Waals surface area contributed by atoms with Gasteiger partial charge in [-0.3, -0.25) is 4.79 Å². The van der Waals surface area contributed by atoms with Crippen molar-refractivity contribution in [1.82, 2.24) is 0 Å². The Balaban J connectivity index is 2.10. The van der Waals surface area contributed by atoms with Crippen LogP contribution in [0.25, 0.3) is 0 Å². The van der Waals surface area contributed by atoms with E-state index in [1.807, 2.05) is 0 Å². The maximum absolute atomic E-state index is 12.5. The van der Waals surface area contributed by atoms with Crippen molar-refractivity contribution in [2.24, 2.45) is 17.8 Å². The zero-order chi connectivity index (χ0) is 13.6. The molecule has 0 spiro atoms. The molecule has 4 atom stereocenters. The lowest BCUT2D eigenvalue weighted by Crippen LogP contribution is -2.54. The van der Waals surface area contributed by atoms with E-state index in [1.54, 1.807) is 6.08 Å². The Morgan fingerprint density at radius 2 is 2.21 bits per heavy atom. The van der Waals surface area contributed by atoms with Crippen molar-refractivity contribution in [2.45, 2.75) is 12.2 Å². The lowest BCUT2D eigenvalue weighted by atomic mass is 9.67. The molecule has 1 saturated heterocycles. The molecule has 5 nitrogen and oxygen atoms in total. The molecule has 3 rings (SSSR count). The summed E-state index contributed by atoms with van der Waals surface area (Å²) in [5, 5.41) is 0. The number of rotatable bonds is 2. The van der Waals surface area contributed by atoms with E-state index in [9.17, 15) is 9.59 Å². The van der Waals surface area contributed by atoms with Crippen LogP contribution in [0.2, 0.25) is 0 Å².